The van der Waals surface area contributed by atoms with Crippen LogP contribution >= 0.6 is 0 Å². The second-order valence-corrected chi connectivity index (χ2v) is 7.20. The summed E-state index contributed by atoms with van der Waals surface area (Å²) in [6.07, 6.45) is 1.96. The lowest BCUT2D eigenvalue weighted by molar-refractivity contribution is -0.120. The molecule has 1 atom stereocenters. The number of hydrogen-bond donors (Lipinski definition) is 2. The van der Waals surface area contributed by atoms with Gasteiger partial charge in [0.05, 0.1) is 16.6 Å². The summed E-state index contributed by atoms with van der Waals surface area (Å²) in [5.41, 5.74) is 4.69. The fourth-order valence-electron chi connectivity index (χ4n) is 3.70. The molecule has 1 aliphatic heterocycles. The molecule has 3 aromatic rings. The number of phenols is 1. The Morgan fingerprint density at radius 2 is 2.12 bits per heavy atom. The number of phenolic OH excluding ortho intramolecular Hbond substituents is 1. The third-order valence-electron chi connectivity index (χ3n) is 5.23. The normalized spacial score (nSPS) is 17.6. The predicted octanol–water partition coefficient (Wildman–Crippen LogP) is 4.05. The van der Waals surface area contributed by atoms with Gasteiger partial charge in [0.2, 0.25) is 0 Å². The summed E-state index contributed by atoms with van der Waals surface area (Å²) >= 11 is 0. The van der Waals surface area contributed by atoms with E-state index in [2.05, 4.69) is 20.9 Å². The minimum Gasteiger partial charge on any atom is -0.507 e. The molecule has 2 N–H and O–H groups in total. The van der Waals surface area contributed by atoms with Crippen LogP contribution in [-0.2, 0) is 4.79 Å². The Kier molecular flexibility index (Phi) is 4.15. The number of rotatable bonds is 3. The van der Waals surface area contributed by atoms with E-state index in [4.69, 9.17) is 0 Å². The standard InChI is InChI=1S/C21H23N3O2/c1-13-5-7-18-19(10-13)23-21(22-18)17-11-16(6-8-20(17)26)24-9-3-4-15(12-24)14(2)25/h5-8,10-11,15,26H,3-4,9,12H2,1-2H3,(H,22,23). The van der Waals surface area contributed by atoms with E-state index in [0.717, 1.165) is 48.2 Å². The summed E-state index contributed by atoms with van der Waals surface area (Å²) in [7, 11) is 0. The van der Waals surface area contributed by atoms with Crippen molar-refractivity contribution in [2.24, 2.45) is 5.92 Å². The highest BCUT2D eigenvalue weighted by molar-refractivity contribution is 5.82. The Bertz CT molecular complexity index is 977. The second kappa shape index (κ2) is 6.48. The maximum atomic E-state index is 11.8. The molecule has 1 aliphatic rings. The summed E-state index contributed by atoms with van der Waals surface area (Å²) in [6, 6.07) is 11.6. The number of nitrogens with one attached hydrogen (secondary N) is 1. The average Bonchev–Trinajstić information content (AvgIpc) is 3.05. The molecule has 0 radical (unpaired) electrons. The van der Waals surface area contributed by atoms with Gasteiger partial charge < -0.3 is 15.0 Å². The molecule has 1 aromatic heterocycles. The van der Waals surface area contributed by atoms with Crippen molar-refractivity contribution >= 4 is 22.5 Å². The van der Waals surface area contributed by atoms with Crippen LogP contribution in [0.5, 0.6) is 5.75 Å². The van der Waals surface area contributed by atoms with Gasteiger partial charge in [0.1, 0.15) is 17.4 Å². The summed E-state index contributed by atoms with van der Waals surface area (Å²) in [5.74, 6) is 1.20. The SMILES string of the molecule is CC(=O)C1CCCN(c2ccc(O)c(-c3nc4ccc(C)cc4[nH]3)c2)C1. The minimum atomic E-state index is 0.0928. The van der Waals surface area contributed by atoms with E-state index in [1.807, 2.05) is 31.2 Å². The first-order chi connectivity index (χ1) is 12.5. The number of carbonyl (C=O) groups is 1. The zero-order valence-corrected chi connectivity index (χ0v) is 15.1. The number of imidazole rings is 1. The van der Waals surface area contributed by atoms with Crippen molar-refractivity contribution in [3.8, 4) is 17.1 Å². The van der Waals surface area contributed by atoms with Gasteiger partial charge in [-0.2, -0.15) is 0 Å². The summed E-state index contributed by atoms with van der Waals surface area (Å²) < 4.78 is 0. The minimum absolute atomic E-state index is 0.0928. The molecule has 5 heteroatoms. The first kappa shape index (κ1) is 16.6. The van der Waals surface area contributed by atoms with E-state index in [1.54, 1.807) is 13.0 Å². The summed E-state index contributed by atoms with van der Waals surface area (Å²) in [5, 5.41) is 10.4. The highest BCUT2D eigenvalue weighted by atomic mass is 16.3. The highest BCUT2D eigenvalue weighted by Gasteiger charge is 2.24. The van der Waals surface area contributed by atoms with Gasteiger partial charge >= 0.3 is 0 Å². The first-order valence-corrected chi connectivity index (χ1v) is 9.06. The van der Waals surface area contributed by atoms with Crippen molar-refractivity contribution in [2.45, 2.75) is 26.7 Å². The monoisotopic (exact) mass is 349 g/mol. The van der Waals surface area contributed by atoms with Gasteiger partial charge in [-0.1, -0.05) is 6.07 Å². The van der Waals surface area contributed by atoms with Crippen LogP contribution in [0, 0.1) is 12.8 Å². The van der Waals surface area contributed by atoms with E-state index < -0.39 is 0 Å². The number of aryl methyl sites for hydroxylation is 1. The van der Waals surface area contributed by atoms with E-state index in [0.29, 0.717) is 11.4 Å². The van der Waals surface area contributed by atoms with Crippen LogP contribution in [0.15, 0.2) is 36.4 Å². The van der Waals surface area contributed by atoms with Crippen LogP contribution in [0.3, 0.4) is 0 Å². The average molecular weight is 349 g/mol. The second-order valence-electron chi connectivity index (χ2n) is 7.20. The Hall–Kier alpha value is -2.82. The molecule has 0 amide bonds. The Labute approximate surface area is 152 Å². The Balaban J connectivity index is 1.70. The number of H-pyrrole nitrogens is 1. The molecule has 2 aromatic carbocycles. The van der Waals surface area contributed by atoms with Crippen molar-refractivity contribution in [2.75, 3.05) is 18.0 Å². The van der Waals surface area contributed by atoms with Crippen molar-refractivity contribution in [1.29, 1.82) is 0 Å². The number of aromatic nitrogens is 2. The molecule has 0 aliphatic carbocycles. The molecule has 134 valence electrons. The van der Waals surface area contributed by atoms with Gasteiger partial charge in [-0.25, -0.2) is 4.98 Å². The number of ketones is 1. The highest BCUT2D eigenvalue weighted by Crippen LogP contribution is 2.34. The molecule has 0 spiro atoms. The van der Waals surface area contributed by atoms with E-state index >= 15 is 0 Å². The van der Waals surface area contributed by atoms with Crippen molar-refractivity contribution in [1.82, 2.24) is 9.97 Å². The number of carbonyl (C=O) groups excluding carboxylic acids is 1. The van der Waals surface area contributed by atoms with Gasteiger partial charge in [-0.15, -0.1) is 0 Å². The number of aromatic amines is 1. The van der Waals surface area contributed by atoms with Crippen molar-refractivity contribution in [3.05, 3.63) is 42.0 Å². The molecule has 0 saturated carbocycles. The number of piperidine rings is 1. The van der Waals surface area contributed by atoms with Gasteiger partial charge in [0.25, 0.3) is 0 Å². The van der Waals surface area contributed by atoms with E-state index in [-0.39, 0.29) is 17.5 Å². The zero-order chi connectivity index (χ0) is 18.3. The van der Waals surface area contributed by atoms with Gasteiger partial charge in [-0.3, -0.25) is 4.79 Å². The van der Waals surface area contributed by atoms with Crippen LogP contribution in [0.1, 0.15) is 25.3 Å². The lowest BCUT2D eigenvalue weighted by atomic mass is 9.94. The van der Waals surface area contributed by atoms with Gasteiger partial charge in [0.15, 0.2) is 0 Å². The van der Waals surface area contributed by atoms with Crippen LogP contribution < -0.4 is 4.90 Å². The Morgan fingerprint density at radius 3 is 2.92 bits per heavy atom. The smallest absolute Gasteiger partial charge is 0.142 e. The molecular weight excluding hydrogens is 326 g/mol. The lowest BCUT2D eigenvalue weighted by Gasteiger charge is -2.33. The largest absolute Gasteiger partial charge is 0.507 e. The van der Waals surface area contributed by atoms with Crippen LogP contribution in [0.4, 0.5) is 5.69 Å². The summed E-state index contributed by atoms with van der Waals surface area (Å²) in [4.78, 5) is 21.9. The van der Waals surface area contributed by atoms with Crippen LogP contribution in [0.2, 0.25) is 0 Å². The Morgan fingerprint density at radius 1 is 1.27 bits per heavy atom. The summed E-state index contributed by atoms with van der Waals surface area (Å²) in [6.45, 7) is 5.37. The fourth-order valence-corrected chi connectivity index (χ4v) is 3.70. The van der Waals surface area contributed by atoms with Gasteiger partial charge in [0, 0.05) is 24.7 Å². The van der Waals surface area contributed by atoms with Crippen LogP contribution in [-0.4, -0.2) is 33.9 Å². The quantitative estimate of drug-likeness (QED) is 0.748. The number of nitrogens with zero attached hydrogens (tertiary/aromatic N) is 2. The van der Waals surface area contributed by atoms with Gasteiger partial charge in [-0.05, 0) is 62.6 Å². The first-order valence-electron chi connectivity index (χ1n) is 9.06. The molecule has 4 rings (SSSR count). The number of aromatic hydroxyl groups is 1. The molecular formula is C21H23N3O2. The molecule has 1 fully saturated rings. The molecule has 26 heavy (non-hydrogen) atoms. The topological polar surface area (TPSA) is 69.2 Å². The molecule has 0 bridgehead atoms. The number of hydrogen-bond acceptors (Lipinski definition) is 4. The molecule has 2 heterocycles. The van der Waals surface area contributed by atoms with Crippen LogP contribution in [0.25, 0.3) is 22.4 Å². The third-order valence-corrected chi connectivity index (χ3v) is 5.23. The molecule has 1 unspecified atom stereocenters. The van der Waals surface area contributed by atoms with Crippen molar-refractivity contribution < 1.29 is 9.90 Å². The third kappa shape index (κ3) is 3.05. The predicted molar refractivity (Wildman–Crippen MR) is 104 cm³/mol. The fraction of sp³-hybridized carbons (Fsp3) is 0.333. The number of fused-ring (bicyclic) bond motifs is 1. The van der Waals surface area contributed by atoms with Crippen molar-refractivity contribution in [3.63, 3.8) is 0 Å². The van der Waals surface area contributed by atoms with E-state index in [1.165, 1.54) is 0 Å². The number of Topliss-reactive ketones (excluding diaryl/α,β-unsaturated/α-hetero) is 1. The lowest BCUT2D eigenvalue weighted by Crippen LogP contribution is -2.38. The maximum Gasteiger partial charge on any atom is 0.142 e. The van der Waals surface area contributed by atoms with E-state index in [9.17, 15) is 9.90 Å². The maximum absolute atomic E-state index is 11.8. The zero-order valence-electron chi connectivity index (χ0n) is 15.1. The number of benzene rings is 2. The molecule has 1 saturated heterocycles. The number of anilines is 1. The molecule has 5 nitrogen and oxygen atoms in total.